The van der Waals surface area contributed by atoms with Gasteiger partial charge in [-0.05, 0) is 12.8 Å². The average Bonchev–Trinajstić information content (AvgIpc) is 2.46. The lowest BCUT2D eigenvalue weighted by molar-refractivity contribution is -0.139. The lowest BCUT2D eigenvalue weighted by atomic mass is 10.0. The molecule has 1 atom stereocenters. The summed E-state index contributed by atoms with van der Waals surface area (Å²) in [6.07, 6.45) is 9.22. The molecule has 0 aromatic heterocycles. The van der Waals surface area contributed by atoms with Crippen molar-refractivity contribution < 1.29 is 29.7 Å². The van der Waals surface area contributed by atoms with Crippen LogP contribution in [0, 0.1) is 0 Å². The number of carboxylic acids is 2. The van der Waals surface area contributed by atoms with Gasteiger partial charge in [0.2, 0.25) is 0 Å². The maximum absolute atomic E-state index is 10.8. The predicted octanol–water partition coefficient (Wildman–Crippen LogP) is 3.47. The third-order valence-corrected chi connectivity index (χ3v) is 3.73. The second-order valence-electron chi connectivity index (χ2n) is 5.81. The summed E-state index contributed by atoms with van der Waals surface area (Å²) >= 11 is 0. The van der Waals surface area contributed by atoms with E-state index in [4.69, 9.17) is 15.3 Å². The fourth-order valence-corrected chi connectivity index (χ4v) is 2.45. The Morgan fingerprint density at radius 2 is 1.13 bits per heavy atom. The van der Waals surface area contributed by atoms with E-state index in [9.17, 15) is 14.4 Å². The monoisotopic (exact) mass is 331 g/mol. The van der Waals surface area contributed by atoms with E-state index in [2.05, 4.69) is 0 Å². The highest BCUT2D eigenvalue weighted by Crippen LogP contribution is 2.12. The molecule has 0 aliphatic rings. The van der Waals surface area contributed by atoms with Crippen LogP contribution in [0.1, 0.15) is 77.0 Å². The van der Waals surface area contributed by atoms with E-state index in [0.717, 1.165) is 57.8 Å². The zero-order valence-corrected chi connectivity index (χ0v) is 13.6. The Morgan fingerprint density at radius 3 is 1.52 bits per heavy atom. The van der Waals surface area contributed by atoms with Gasteiger partial charge in [-0.25, -0.2) is 9.59 Å². The Bertz CT molecular complexity index is 358. The molecule has 0 aliphatic heterocycles. The maximum atomic E-state index is 10.8. The number of hydrogen-bond donors (Lipinski definition) is 4. The molecule has 0 bridgehead atoms. The summed E-state index contributed by atoms with van der Waals surface area (Å²) in [4.78, 5) is 31.6. The molecule has 0 saturated heterocycles. The van der Waals surface area contributed by atoms with Crippen molar-refractivity contribution in [3.8, 4) is 0 Å². The zero-order chi connectivity index (χ0) is 17.5. The van der Waals surface area contributed by atoms with Gasteiger partial charge in [-0.2, -0.15) is 0 Å². The van der Waals surface area contributed by atoms with Crippen molar-refractivity contribution in [3.63, 3.8) is 0 Å². The van der Waals surface area contributed by atoms with Crippen molar-refractivity contribution in [2.75, 3.05) is 0 Å². The number of carbonyl (C=O) groups is 3. The second kappa shape index (κ2) is 13.8. The first-order valence-corrected chi connectivity index (χ1v) is 8.37. The van der Waals surface area contributed by atoms with E-state index >= 15 is 0 Å². The van der Waals surface area contributed by atoms with Crippen molar-refractivity contribution in [2.45, 2.75) is 83.1 Å². The summed E-state index contributed by atoms with van der Waals surface area (Å²) in [5.74, 6) is -1.86. The van der Waals surface area contributed by atoms with Gasteiger partial charge in [-0.15, -0.1) is 0 Å². The van der Waals surface area contributed by atoms with Crippen molar-refractivity contribution in [2.24, 2.45) is 0 Å². The molecule has 0 rings (SSSR count). The number of rotatable bonds is 15. The van der Waals surface area contributed by atoms with Crippen LogP contribution in [-0.4, -0.2) is 39.4 Å². The summed E-state index contributed by atoms with van der Waals surface area (Å²) in [7, 11) is 0. The Kier molecular flexibility index (Phi) is 12.8. The molecule has 0 radical (unpaired) electrons. The molecule has 0 aliphatic carbocycles. The quantitative estimate of drug-likeness (QED) is 0.341. The van der Waals surface area contributed by atoms with E-state index in [0.29, 0.717) is 12.8 Å². The van der Waals surface area contributed by atoms with Crippen LogP contribution in [0.3, 0.4) is 0 Å². The smallest absolute Gasteiger partial charge is 0.405 e. The van der Waals surface area contributed by atoms with Crippen LogP contribution in [-0.2, 0) is 9.59 Å². The van der Waals surface area contributed by atoms with Gasteiger partial charge in [0, 0.05) is 6.42 Å². The lowest BCUT2D eigenvalue weighted by Crippen LogP contribution is -2.39. The Labute approximate surface area is 137 Å². The van der Waals surface area contributed by atoms with Gasteiger partial charge < -0.3 is 20.6 Å². The molecule has 0 fully saturated rings. The van der Waals surface area contributed by atoms with Gasteiger partial charge in [0.1, 0.15) is 6.04 Å². The van der Waals surface area contributed by atoms with Gasteiger partial charge >= 0.3 is 18.0 Å². The molecule has 0 aromatic rings. The fraction of sp³-hybridized carbons (Fsp3) is 0.812. The first-order valence-electron chi connectivity index (χ1n) is 8.37. The van der Waals surface area contributed by atoms with Crippen LogP contribution >= 0.6 is 0 Å². The summed E-state index contributed by atoms with van der Waals surface area (Å²) in [6.45, 7) is 0. The number of carboxylic acid groups (broad SMARTS) is 3. The van der Waals surface area contributed by atoms with Crippen molar-refractivity contribution in [3.05, 3.63) is 0 Å². The number of amides is 1. The van der Waals surface area contributed by atoms with Gasteiger partial charge in [-0.1, -0.05) is 57.8 Å². The fourth-order valence-electron chi connectivity index (χ4n) is 2.45. The highest BCUT2D eigenvalue weighted by Gasteiger charge is 2.18. The van der Waals surface area contributed by atoms with E-state index < -0.39 is 24.1 Å². The normalized spacial score (nSPS) is 11.8. The standard InChI is InChI=1S/C16H29NO6/c18-14(19)12-10-8-6-4-2-1-3-5-7-9-11-13(15(20)21)17-16(22)23/h13,17H,1-12H2,(H,18,19)(H,20,21)(H,22,23). The van der Waals surface area contributed by atoms with E-state index in [1.165, 1.54) is 0 Å². The van der Waals surface area contributed by atoms with E-state index in [1.807, 2.05) is 5.32 Å². The average molecular weight is 331 g/mol. The topological polar surface area (TPSA) is 124 Å². The second-order valence-corrected chi connectivity index (χ2v) is 5.81. The molecular weight excluding hydrogens is 302 g/mol. The summed E-state index contributed by atoms with van der Waals surface area (Å²) in [5.41, 5.74) is 0. The maximum Gasteiger partial charge on any atom is 0.405 e. The molecule has 0 heterocycles. The van der Waals surface area contributed by atoms with Crippen molar-refractivity contribution in [1.82, 2.24) is 5.32 Å². The zero-order valence-electron chi connectivity index (χ0n) is 13.6. The first-order chi connectivity index (χ1) is 10.9. The SMILES string of the molecule is O=C(O)CCCCCCCCCCCCC(NC(=O)O)C(=O)O. The van der Waals surface area contributed by atoms with Gasteiger partial charge in [0.05, 0.1) is 0 Å². The van der Waals surface area contributed by atoms with Crippen LogP contribution < -0.4 is 5.32 Å². The van der Waals surface area contributed by atoms with Crippen LogP contribution in [0.5, 0.6) is 0 Å². The molecule has 0 aromatic carbocycles. The molecule has 1 amide bonds. The van der Waals surface area contributed by atoms with E-state index in [-0.39, 0.29) is 6.42 Å². The molecule has 1 unspecified atom stereocenters. The van der Waals surface area contributed by atoms with Gasteiger partial charge in [0.15, 0.2) is 0 Å². The predicted molar refractivity (Wildman–Crippen MR) is 85.6 cm³/mol. The molecule has 4 N–H and O–H groups in total. The lowest BCUT2D eigenvalue weighted by Gasteiger charge is -2.11. The Morgan fingerprint density at radius 1 is 0.696 bits per heavy atom. The molecule has 23 heavy (non-hydrogen) atoms. The number of nitrogens with one attached hydrogen (secondary N) is 1. The Balaban J connectivity index is 3.37. The molecule has 0 spiro atoms. The minimum Gasteiger partial charge on any atom is -0.481 e. The molecule has 0 saturated carbocycles. The minimum atomic E-state index is -1.30. The van der Waals surface area contributed by atoms with Crippen LogP contribution in [0.15, 0.2) is 0 Å². The van der Waals surface area contributed by atoms with Crippen LogP contribution in [0.25, 0.3) is 0 Å². The van der Waals surface area contributed by atoms with Crippen molar-refractivity contribution in [1.29, 1.82) is 0 Å². The first kappa shape index (κ1) is 21.2. The third-order valence-electron chi connectivity index (χ3n) is 3.73. The summed E-state index contributed by atoms with van der Waals surface area (Å²) in [6, 6.07) is -1.02. The van der Waals surface area contributed by atoms with Crippen molar-refractivity contribution >= 4 is 18.0 Å². The molecular formula is C16H29NO6. The largest absolute Gasteiger partial charge is 0.481 e. The van der Waals surface area contributed by atoms with Gasteiger partial charge in [0.25, 0.3) is 0 Å². The molecule has 7 nitrogen and oxygen atoms in total. The van der Waals surface area contributed by atoms with Crippen LogP contribution in [0.4, 0.5) is 4.79 Å². The summed E-state index contributed by atoms with van der Waals surface area (Å²) < 4.78 is 0. The highest BCUT2D eigenvalue weighted by molar-refractivity contribution is 5.79. The number of hydrogen-bond acceptors (Lipinski definition) is 3. The molecule has 7 heteroatoms. The van der Waals surface area contributed by atoms with Crippen LogP contribution in [0.2, 0.25) is 0 Å². The number of unbranched alkanes of at least 4 members (excludes halogenated alkanes) is 9. The molecule has 134 valence electrons. The van der Waals surface area contributed by atoms with Gasteiger partial charge in [-0.3, -0.25) is 4.79 Å². The highest BCUT2D eigenvalue weighted by atomic mass is 16.4. The van der Waals surface area contributed by atoms with E-state index in [1.54, 1.807) is 0 Å². The Hall–Kier alpha value is -1.79. The summed E-state index contributed by atoms with van der Waals surface area (Å²) in [5, 5.41) is 27.9. The third kappa shape index (κ3) is 14.9. The minimum absolute atomic E-state index is 0.258. The number of aliphatic carboxylic acids is 2.